The fourth-order valence-electron chi connectivity index (χ4n) is 2.27. The van der Waals surface area contributed by atoms with Gasteiger partial charge in [0.1, 0.15) is 5.82 Å². The molecule has 0 saturated heterocycles. The number of furan rings is 1. The molecule has 120 valence electrons. The first-order valence-electron chi connectivity index (χ1n) is 7.11. The second-order valence-corrected chi connectivity index (χ2v) is 5.04. The topological polar surface area (TPSA) is 79.0 Å². The van der Waals surface area contributed by atoms with Gasteiger partial charge in [0, 0.05) is 6.20 Å². The van der Waals surface area contributed by atoms with E-state index in [9.17, 15) is 9.18 Å². The third kappa shape index (κ3) is 2.65. The second-order valence-electron chi connectivity index (χ2n) is 5.04. The molecular formula is C16H11FN4O3. The van der Waals surface area contributed by atoms with Crippen LogP contribution in [-0.2, 0) is 6.54 Å². The maximum absolute atomic E-state index is 13.3. The first-order chi connectivity index (χ1) is 11.7. The molecule has 0 fully saturated rings. The fourth-order valence-corrected chi connectivity index (χ4v) is 2.27. The summed E-state index contributed by atoms with van der Waals surface area (Å²) in [5.74, 6) is -0.479. The van der Waals surface area contributed by atoms with Crippen molar-refractivity contribution in [3.05, 3.63) is 77.0 Å². The van der Waals surface area contributed by atoms with Gasteiger partial charge < -0.3 is 8.83 Å². The third-order valence-electron chi connectivity index (χ3n) is 3.37. The van der Waals surface area contributed by atoms with Crippen molar-refractivity contribution in [2.24, 2.45) is 0 Å². The first kappa shape index (κ1) is 14.2. The minimum Gasteiger partial charge on any atom is -0.459 e. The molecule has 0 aliphatic rings. The number of benzene rings is 1. The Kier molecular flexibility index (Phi) is 3.34. The summed E-state index contributed by atoms with van der Waals surface area (Å²) in [5.41, 5.74) is 1.17. The van der Waals surface area contributed by atoms with Gasteiger partial charge in [-0.25, -0.2) is 13.9 Å². The lowest BCUT2D eigenvalue weighted by Crippen LogP contribution is -2.17. The van der Waals surface area contributed by atoms with Crippen LogP contribution in [0.5, 0.6) is 0 Å². The summed E-state index contributed by atoms with van der Waals surface area (Å²) in [4.78, 5) is 11.9. The van der Waals surface area contributed by atoms with E-state index in [1.165, 1.54) is 23.1 Å². The largest absolute Gasteiger partial charge is 0.459 e. The van der Waals surface area contributed by atoms with Crippen LogP contribution in [0.1, 0.15) is 5.69 Å². The van der Waals surface area contributed by atoms with Crippen LogP contribution in [0, 0.1) is 5.82 Å². The van der Waals surface area contributed by atoms with Crippen molar-refractivity contribution in [2.45, 2.75) is 6.54 Å². The fraction of sp³-hybridized carbons (Fsp3) is 0.0625. The lowest BCUT2D eigenvalue weighted by molar-refractivity contribution is 0.475. The zero-order valence-corrected chi connectivity index (χ0v) is 12.3. The summed E-state index contributed by atoms with van der Waals surface area (Å²) in [6, 6.07) is 11.1. The van der Waals surface area contributed by atoms with Gasteiger partial charge in [0.15, 0.2) is 5.76 Å². The maximum atomic E-state index is 13.3. The van der Waals surface area contributed by atoms with E-state index in [0.29, 0.717) is 17.1 Å². The van der Waals surface area contributed by atoms with Gasteiger partial charge in [-0.2, -0.15) is 9.78 Å². The van der Waals surface area contributed by atoms with Crippen molar-refractivity contribution in [3.63, 3.8) is 0 Å². The van der Waals surface area contributed by atoms with E-state index in [4.69, 9.17) is 8.83 Å². The number of halogens is 1. The molecule has 0 amide bonds. The van der Waals surface area contributed by atoms with Crippen molar-refractivity contribution in [3.8, 4) is 17.3 Å². The number of nitrogens with zero attached hydrogens (tertiary/aromatic N) is 4. The Bertz CT molecular complexity index is 1030. The van der Waals surface area contributed by atoms with Gasteiger partial charge in [-0.3, -0.25) is 0 Å². The molecule has 0 bridgehead atoms. The van der Waals surface area contributed by atoms with Crippen LogP contribution < -0.4 is 5.76 Å². The highest BCUT2D eigenvalue weighted by molar-refractivity contribution is 5.42. The van der Waals surface area contributed by atoms with Crippen LogP contribution in [0.4, 0.5) is 4.39 Å². The Morgan fingerprint density at radius 1 is 1.12 bits per heavy atom. The number of hydrogen-bond acceptors (Lipinski definition) is 5. The Hall–Kier alpha value is -3.42. The Labute approximate surface area is 134 Å². The molecule has 0 radical (unpaired) electrons. The van der Waals surface area contributed by atoms with E-state index in [2.05, 4.69) is 10.2 Å². The smallest absolute Gasteiger partial charge is 0.437 e. The lowest BCUT2D eigenvalue weighted by atomic mass is 10.3. The predicted octanol–water partition coefficient (Wildman–Crippen LogP) is 2.47. The summed E-state index contributed by atoms with van der Waals surface area (Å²) in [6.07, 6.45) is 3.15. The molecule has 0 N–H and O–H groups in total. The maximum Gasteiger partial charge on any atom is 0.437 e. The van der Waals surface area contributed by atoms with Crippen LogP contribution in [0.2, 0.25) is 0 Å². The van der Waals surface area contributed by atoms with Gasteiger partial charge in [0.05, 0.1) is 24.2 Å². The molecule has 24 heavy (non-hydrogen) atoms. The van der Waals surface area contributed by atoms with Crippen LogP contribution in [0.25, 0.3) is 17.3 Å². The molecule has 0 aliphatic heterocycles. The van der Waals surface area contributed by atoms with E-state index < -0.39 is 5.76 Å². The lowest BCUT2D eigenvalue weighted by Gasteiger charge is -2.00. The molecule has 0 spiro atoms. The summed E-state index contributed by atoms with van der Waals surface area (Å²) >= 11 is 0. The average molecular weight is 326 g/mol. The van der Waals surface area contributed by atoms with Crippen molar-refractivity contribution < 1.29 is 13.2 Å². The van der Waals surface area contributed by atoms with E-state index in [1.54, 1.807) is 36.5 Å². The highest BCUT2D eigenvalue weighted by Crippen LogP contribution is 2.15. The molecule has 8 heteroatoms. The van der Waals surface area contributed by atoms with Crippen molar-refractivity contribution in [1.82, 2.24) is 19.6 Å². The standard InChI is InChI=1S/C16H11FN4O3/c17-11-3-1-4-13(9-11)20-7-6-12(18-20)10-21-16(22)24-15(19-21)14-5-2-8-23-14/h1-9H,10H2. The molecule has 1 aromatic carbocycles. The number of rotatable bonds is 4. The van der Waals surface area contributed by atoms with Crippen LogP contribution in [-0.4, -0.2) is 19.6 Å². The zero-order chi connectivity index (χ0) is 16.5. The molecule has 0 atom stereocenters. The summed E-state index contributed by atoms with van der Waals surface area (Å²) in [6.45, 7) is 0.130. The molecule has 3 heterocycles. The van der Waals surface area contributed by atoms with Crippen molar-refractivity contribution >= 4 is 0 Å². The highest BCUT2D eigenvalue weighted by atomic mass is 19.1. The molecule has 4 rings (SSSR count). The quantitative estimate of drug-likeness (QED) is 0.575. The van der Waals surface area contributed by atoms with Crippen LogP contribution >= 0.6 is 0 Å². The predicted molar refractivity (Wildman–Crippen MR) is 81.1 cm³/mol. The zero-order valence-electron chi connectivity index (χ0n) is 12.3. The molecule has 3 aromatic heterocycles. The first-order valence-corrected chi connectivity index (χ1v) is 7.11. The van der Waals surface area contributed by atoms with Crippen molar-refractivity contribution in [1.29, 1.82) is 0 Å². The number of aromatic nitrogens is 4. The summed E-state index contributed by atoms with van der Waals surface area (Å²) in [5, 5.41) is 8.39. The van der Waals surface area contributed by atoms with E-state index in [1.807, 2.05) is 0 Å². The molecular weight excluding hydrogens is 315 g/mol. The van der Waals surface area contributed by atoms with Gasteiger partial charge in [0.25, 0.3) is 5.89 Å². The summed E-state index contributed by atoms with van der Waals surface area (Å²) in [7, 11) is 0. The highest BCUT2D eigenvalue weighted by Gasteiger charge is 2.13. The van der Waals surface area contributed by atoms with Crippen LogP contribution in [0.15, 0.2) is 68.6 Å². The minimum absolute atomic E-state index is 0.106. The summed E-state index contributed by atoms with van der Waals surface area (Å²) < 4.78 is 26.2. The van der Waals surface area contributed by atoms with Gasteiger partial charge >= 0.3 is 5.76 Å². The number of hydrogen-bond donors (Lipinski definition) is 0. The molecule has 7 nitrogen and oxygen atoms in total. The molecule has 0 saturated carbocycles. The normalized spacial score (nSPS) is 11.0. The Morgan fingerprint density at radius 2 is 2.04 bits per heavy atom. The van der Waals surface area contributed by atoms with E-state index in [-0.39, 0.29) is 18.3 Å². The third-order valence-corrected chi connectivity index (χ3v) is 3.37. The van der Waals surface area contributed by atoms with Gasteiger partial charge in [-0.1, -0.05) is 6.07 Å². The minimum atomic E-state index is -0.610. The van der Waals surface area contributed by atoms with Gasteiger partial charge in [-0.05, 0) is 36.4 Å². The molecule has 0 unspecified atom stereocenters. The monoisotopic (exact) mass is 326 g/mol. The van der Waals surface area contributed by atoms with Gasteiger partial charge in [-0.15, -0.1) is 5.10 Å². The average Bonchev–Trinajstić information content (AvgIpc) is 3.30. The molecule has 4 aromatic rings. The molecule has 0 aliphatic carbocycles. The second kappa shape index (κ2) is 5.65. The SMILES string of the molecule is O=c1oc(-c2ccco2)nn1Cc1ccn(-c2cccc(F)c2)n1. The van der Waals surface area contributed by atoms with Crippen molar-refractivity contribution in [2.75, 3.05) is 0 Å². The Morgan fingerprint density at radius 3 is 2.83 bits per heavy atom. The van der Waals surface area contributed by atoms with E-state index >= 15 is 0 Å². The van der Waals surface area contributed by atoms with Gasteiger partial charge in [0.2, 0.25) is 0 Å². The van der Waals surface area contributed by atoms with Crippen LogP contribution in [0.3, 0.4) is 0 Å². The van der Waals surface area contributed by atoms with E-state index in [0.717, 1.165) is 4.68 Å². The Balaban J connectivity index is 1.60.